The van der Waals surface area contributed by atoms with Gasteiger partial charge >= 0.3 is 0 Å². The number of nitrogens with zero attached hydrogens (tertiary/aromatic N) is 3. The van der Waals surface area contributed by atoms with Gasteiger partial charge in [0.1, 0.15) is 5.75 Å². The van der Waals surface area contributed by atoms with Crippen molar-refractivity contribution in [3.63, 3.8) is 0 Å². The first-order valence-electron chi connectivity index (χ1n) is 8.38. The van der Waals surface area contributed by atoms with Crippen LogP contribution < -0.4 is 10.1 Å². The van der Waals surface area contributed by atoms with E-state index in [-0.39, 0.29) is 0 Å². The smallest absolute Gasteiger partial charge is 0.161 e. The minimum absolute atomic E-state index is 0.712. The molecule has 4 rings (SSSR count). The number of pyridine rings is 1. The predicted molar refractivity (Wildman–Crippen MR) is 103 cm³/mol. The lowest BCUT2D eigenvalue weighted by Crippen LogP contribution is -2.03. The molecule has 5 heteroatoms. The van der Waals surface area contributed by atoms with Crippen LogP contribution in [-0.2, 0) is 6.42 Å². The van der Waals surface area contributed by atoms with Crippen LogP contribution in [0.4, 0.5) is 11.5 Å². The van der Waals surface area contributed by atoms with E-state index in [0.29, 0.717) is 12.2 Å². The van der Waals surface area contributed by atoms with Crippen LogP contribution in [0.5, 0.6) is 5.75 Å². The first kappa shape index (κ1) is 16.0. The third kappa shape index (κ3) is 3.19. The molecule has 0 unspecified atom stereocenters. The lowest BCUT2D eigenvalue weighted by Gasteiger charge is -2.13. The molecule has 0 fully saturated rings. The van der Waals surface area contributed by atoms with Crippen LogP contribution in [0.1, 0.15) is 11.3 Å². The summed E-state index contributed by atoms with van der Waals surface area (Å²) in [6.07, 6.45) is 4.30. The number of para-hydroxylation sites is 2. The van der Waals surface area contributed by atoms with Gasteiger partial charge in [-0.2, -0.15) is 5.10 Å². The Morgan fingerprint density at radius 1 is 0.846 bits per heavy atom. The van der Waals surface area contributed by atoms with Crippen molar-refractivity contribution in [3.8, 4) is 5.75 Å². The monoisotopic (exact) mass is 342 g/mol. The minimum atomic E-state index is 0.712. The standard InChI is InChI=1S/C21H18N4O/c1-26-20-9-5-4-8-18(20)23-21-17-7-3-2-6-16(17)19(24-25-21)14-15-10-12-22-13-11-15/h2-13H,14H2,1H3,(H,23,25). The molecule has 2 aromatic carbocycles. The molecule has 0 amide bonds. The minimum Gasteiger partial charge on any atom is -0.495 e. The molecule has 0 saturated heterocycles. The van der Waals surface area contributed by atoms with Gasteiger partial charge < -0.3 is 10.1 Å². The van der Waals surface area contributed by atoms with Crippen molar-refractivity contribution < 1.29 is 4.74 Å². The fourth-order valence-corrected chi connectivity index (χ4v) is 2.95. The van der Waals surface area contributed by atoms with E-state index in [1.165, 1.54) is 0 Å². The highest BCUT2D eigenvalue weighted by molar-refractivity contribution is 5.94. The molecule has 0 aliphatic carbocycles. The maximum absolute atomic E-state index is 5.42. The Balaban J connectivity index is 1.75. The first-order valence-corrected chi connectivity index (χ1v) is 8.38. The van der Waals surface area contributed by atoms with Crippen LogP contribution in [0.3, 0.4) is 0 Å². The summed E-state index contributed by atoms with van der Waals surface area (Å²) in [5, 5.41) is 14.4. The average Bonchev–Trinajstić information content (AvgIpc) is 2.71. The van der Waals surface area contributed by atoms with Crippen molar-refractivity contribution in [2.45, 2.75) is 6.42 Å². The molecule has 5 nitrogen and oxygen atoms in total. The van der Waals surface area contributed by atoms with E-state index in [1.54, 1.807) is 19.5 Å². The third-order valence-electron chi connectivity index (χ3n) is 4.24. The topological polar surface area (TPSA) is 59.9 Å². The molecule has 0 atom stereocenters. The molecule has 0 bridgehead atoms. The molecule has 0 spiro atoms. The quantitative estimate of drug-likeness (QED) is 0.584. The number of rotatable bonds is 5. The SMILES string of the molecule is COc1ccccc1Nc1nnc(Cc2ccncc2)c2ccccc12. The maximum atomic E-state index is 5.42. The highest BCUT2D eigenvalue weighted by Gasteiger charge is 2.11. The third-order valence-corrected chi connectivity index (χ3v) is 4.24. The molecule has 26 heavy (non-hydrogen) atoms. The van der Waals surface area contributed by atoms with Gasteiger partial charge in [0.25, 0.3) is 0 Å². The van der Waals surface area contributed by atoms with Crippen molar-refractivity contribution in [3.05, 3.63) is 84.3 Å². The lowest BCUT2D eigenvalue weighted by atomic mass is 10.0. The predicted octanol–water partition coefficient (Wildman–Crippen LogP) is 4.37. The Morgan fingerprint density at radius 3 is 2.38 bits per heavy atom. The summed E-state index contributed by atoms with van der Waals surface area (Å²) in [7, 11) is 1.65. The summed E-state index contributed by atoms with van der Waals surface area (Å²) >= 11 is 0. The highest BCUT2D eigenvalue weighted by Crippen LogP contribution is 2.30. The number of anilines is 2. The fraction of sp³-hybridized carbons (Fsp3) is 0.0952. The Bertz CT molecular complexity index is 1030. The van der Waals surface area contributed by atoms with Crippen LogP contribution in [0.15, 0.2) is 73.1 Å². The Morgan fingerprint density at radius 2 is 1.58 bits per heavy atom. The molecule has 4 aromatic rings. The van der Waals surface area contributed by atoms with Gasteiger partial charge in [-0.25, -0.2) is 0 Å². The summed E-state index contributed by atoms with van der Waals surface area (Å²) in [5.74, 6) is 1.47. The normalized spacial score (nSPS) is 10.7. The summed E-state index contributed by atoms with van der Waals surface area (Å²) < 4.78 is 5.42. The van der Waals surface area contributed by atoms with E-state index in [9.17, 15) is 0 Å². The van der Waals surface area contributed by atoms with Crippen LogP contribution in [0.2, 0.25) is 0 Å². The molecule has 2 heterocycles. The molecule has 0 saturated carbocycles. The van der Waals surface area contributed by atoms with E-state index in [0.717, 1.165) is 33.5 Å². The highest BCUT2D eigenvalue weighted by atomic mass is 16.5. The number of benzene rings is 2. The average molecular weight is 342 g/mol. The van der Waals surface area contributed by atoms with Gasteiger partial charge in [0.15, 0.2) is 5.82 Å². The molecule has 2 aromatic heterocycles. The van der Waals surface area contributed by atoms with Gasteiger partial charge in [-0.1, -0.05) is 36.4 Å². The van der Waals surface area contributed by atoms with Crippen LogP contribution in [-0.4, -0.2) is 22.3 Å². The molecule has 0 aliphatic heterocycles. The fourth-order valence-electron chi connectivity index (χ4n) is 2.95. The summed E-state index contributed by atoms with van der Waals surface area (Å²) in [6.45, 7) is 0. The van der Waals surface area contributed by atoms with Crippen LogP contribution in [0, 0.1) is 0 Å². The number of hydrogen-bond donors (Lipinski definition) is 1. The molecule has 0 radical (unpaired) electrons. The molecule has 1 N–H and O–H groups in total. The van der Waals surface area contributed by atoms with Crippen molar-refractivity contribution >= 4 is 22.3 Å². The van der Waals surface area contributed by atoms with Crippen molar-refractivity contribution in [2.24, 2.45) is 0 Å². The number of fused-ring (bicyclic) bond motifs is 1. The Labute approximate surface area is 151 Å². The number of hydrogen-bond acceptors (Lipinski definition) is 5. The largest absolute Gasteiger partial charge is 0.495 e. The molecular formula is C21H18N4O. The zero-order valence-corrected chi connectivity index (χ0v) is 14.4. The van der Waals surface area contributed by atoms with Crippen molar-refractivity contribution in [1.29, 1.82) is 0 Å². The zero-order valence-electron chi connectivity index (χ0n) is 14.4. The van der Waals surface area contributed by atoms with Crippen LogP contribution in [0.25, 0.3) is 10.8 Å². The van der Waals surface area contributed by atoms with E-state index in [2.05, 4.69) is 32.6 Å². The summed E-state index contributed by atoms with van der Waals surface area (Å²) in [6, 6.07) is 19.9. The second-order valence-electron chi connectivity index (χ2n) is 5.90. The summed E-state index contributed by atoms with van der Waals surface area (Å²) in [4.78, 5) is 4.07. The van der Waals surface area contributed by atoms with Crippen molar-refractivity contribution in [1.82, 2.24) is 15.2 Å². The van der Waals surface area contributed by atoms with Gasteiger partial charge in [0.2, 0.25) is 0 Å². The number of aromatic nitrogens is 3. The zero-order chi connectivity index (χ0) is 17.8. The number of ether oxygens (including phenoxy) is 1. The molecule has 0 aliphatic rings. The van der Waals surface area contributed by atoms with Crippen molar-refractivity contribution in [2.75, 3.05) is 12.4 Å². The van der Waals surface area contributed by atoms with Gasteiger partial charge in [0.05, 0.1) is 18.5 Å². The number of methoxy groups -OCH3 is 1. The Hall–Kier alpha value is -3.47. The van der Waals surface area contributed by atoms with E-state index in [1.807, 2.05) is 48.5 Å². The lowest BCUT2D eigenvalue weighted by molar-refractivity contribution is 0.417. The maximum Gasteiger partial charge on any atom is 0.161 e. The van der Waals surface area contributed by atoms with Crippen LogP contribution >= 0.6 is 0 Å². The molecule has 128 valence electrons. The van der Waals surface area contributed by atoms with Gasteiger partial charge in [-0.05, 0) is 29.8 Å². The first-order chi connectivity index (χ1) is 12.8. The second-order valence-corrected chi connectivity index (χ2v) is 5.90. The van der Waals surface area contributed by atoms with Gasteiger partial charge in [-0.3, -0.25) is 4.98 Å². The van der Waals surface area contributed by atoms with Gasteiger partial charge in [-0.15, -0.1) is 5.10 Å². The van der Waals surface area contributed by atoms with Gasteiger partial charge in [0, 0.05) is 29.6 Å². The van der Waals surface area contributed by atoms with E-state index in [4.69, 9.17) is 4.74 Å². The molecular weight excluding hydrogens is 324 g/mol. The summed E-state index contributed by atoms with van der Waals surface area (Å²) in [5.41, 5.74) is 2.96. The Kier molecular flexibility index (Phi) is 4.43. The number of nitrogens with one attached hydrogen (secondary N) is 1. The van der Waals surface area contributed by atoms with E-state index < -0.39 is 0 Å². The van der Waals surface area contributed by atoms with E-state index >= 15 is 0 Å². The second kappa shape index (κ2) is 7.19.